The lowest BCUT2D eigenvalue weighted by molar-refractivity contribution is -0.118. The number of carbonyl (C=O) groups is 1. The zero-order chi connectivity index (χ0) is 13.7. The number of benzene rings is 1. The van der Waals surface area contributed by atoms with Gasteiger partial charge in [0.1, 0.15) is 5.78 Å². The van der Waals surface area contributed by atoms with Gasteiger partial charge in [-0.1, -0.05) is 29.8 Å². The van der Waals surface area contributed by atoms with Crippen molar-refractivity contribution in [3.63, 3.8) is 0 Å². The number of rotatable bonds is 6. The molecular formula is C14H16N2O2S. The summed E-state index contributed by atoms with van der Waals surface area (Å²) >= 11 is 1.65. The van der Waals surface area contributed by atoms with Crippen LogP contribution in [0.25, 0.3) is 0 Å². The molecular weight excluding hydrogens is 260 g/mol. The summed E-state index contributed by atoms with van der Waals surface area (Å²) in [4.78, 5) is 16.6. The molecule has 2 rings (SSSR count). The summed E-state index contributed by atoms with van der Waals surface area (Å²) in [6, 6.07) is 8.29. The fourth-order valence-corrected chi connectivity index (χ4v) is 2.24. The molecule has 0 amide bonds. The molecule has 1 heterocycles. The summed E-state index contributed by atoms with van der Waals surface area (Å²) in [5.74, 6) is 1.80. The Bertz CT molecular complexity index is 549. The molecule has 19 heavy (non-hydrogen) atoms. The number of hydrogen-bond acceptors (Lipinski definition) is 5. The van der Waals surface area contributed by atoms with Crippen molar-refractivity contribution < 1.29 is 9.32 Å². The quantitative estimate of drug-likeness (QED) is 0.758. The molecule has 0 saturated carbocycles. The average Bonchev–Trinajstić information content (AvgIpc) is 2.85. The van der Waals surface area contributed by atoms with E-state index in [1.807, 2.05) is 6.92 Å². The van der Waals surface area contributed by atoms with E-state index in [-0.39, 0.29) is 12.2 Å². The molecule has 0 radical (unpaired) electrons. The maximum Gasteiger partial charge on any atom is 0.234 e. The molecule has 100 valence electrons. The lowest BCUT2D eigenvalue weighted by atomic mass is 10.2. The molecule has 0 fully saturated rings. The van der Waals surface area contributed by atoms with Crippen LogP contribution in [0.1, 0.15) is 30.6 Å². The Morgan fingerprint density at radius 1 is 1.32 bits per heavy atom. The maximum atomic E-state index is 11.3. The average molecular weight is 276 g/mol. The van der Waals surface area contributed by atoms with Crippen LogP contribution in [-0.2, 0) is 17.0 Å². The van der Waals surface area contributed by atoms with Gasteiger partial charge in [0, 0.05) is 11.3 Å². The van der Waals surface area contributed by atoms with Crippen LogP contribution in [0.4, 0.5) is 0 Å². The highest BCUT2D eigenvalue weighted by atomic mass is 32.2. The molecule has 2 aromatic rings. The van der Waals surface area contributed by atoms with Gasteiger partial charge in [0.05, 0.1) is 12.2 Å². The standard InChI is InChI=1S/C14H16N2O2S/c1-3-11(17)8-14-15-13(16-18-14)9-19-12-6-4-10(2)5-7-12/h4-7H,3,8-9H2,1-2H3. The third-order valence-electron chi connectivity index (χ3n) is 2.64. The number of aryl methyl sites for hydroxylation is 1. The molecule has 0 N–H and O–H groups in total. The summed E-state index contributed by atoms with van der Waals surface area (Å²) < 4.78 is 5.05. The molecule has 1 aromatic heterocycles. The Kier molecular flexibility index (Phi) is 4.74. The molecule has 0 aliphatic carbocycles. The van der Waals surface area contributed by atoms with E-state index < -0.39 is 0 Å². The third-order valence-corrected chi connectivity index (χ3v) is 3.65. The zero-order valence-corrected chi connectivity index (χ0v) is 11.9. The Balaban J connectivity index is 1.89. The molecule has 4 nitrogen and oxygen atoms in total. The summed E-state index contributed by atoms with van der Waals surface area (Å²) in [5, 5.41) is 3.88. The normalized spacial score (nSPS) is 10.6. The first-order chi connectivity index (χ1) is 9.17. The van der Waals surface area contributed by atoms with Crippen LogP contribution in [0.15, 0.2) is 33.7 Å². The number of carbonyl (C=O) groups excluding carboxylic acids is 1. The van der Waals surface area contributed by atoms with Gasteiger partial charge in [-0.25, -0.2) is 0 Å². The summed E-state index contributed by atoms with van der Waals surface area (Å²) in [5.41, 5.74) is 1.24. The summed E-state index contributed by atoms with van der Waals surface area (Å²) in [6.07, 6.45) is 0.731. The van der Waals surface area contributed by atoms with Gasteiger partial charge in [0.25, 0.3) is 0 Å². The Hall–Kier alpha value is -1.62. The van der Waals surface area contributed by atoms with E-state index in [9.17, 15) is 4.79 Å². The first kappa shape index (κ1) is 13.8. The molecule has 0 aliphatic rings. The predicted molar refractivity (Wildman–Crippen MR) is 74.0 cm³/mol. The second-order valence-corrected chi connectivity index (χ2v) is 5.32. The number of thioether (sulfide) groups is 1. The highest BCUT2D eigenvalue weighted by molar-refractivity contribution is 7.98. The zero-order valence-electron chi connectivity index (χ0n) is 11.0. The Morgan fingerprint density at radius 3 is 2.74 bits per heavy atom. The van der Waals surface area contributed by atoms with Crippen LogP contribution in [0, 0.1) is 6.92 Å². The fourth-order valence-electron chi connectivity index (χ4n) is 1.50. The van der Waals surface area contributed by atoms with E-state index in [4.69, 9.17) is 4.52 Å². The molecule has 0 unspecified atom stereocenters. The second kappa shape index (κ2) is 6.52. The van der Waals surface area contributed by atoms with Crippen LogP contribution >= 0.6 is 11.8 Å². The highest BCUT2D eigenvalue weighted by Gasteiger charge is 2.10. The monoisotopic (exact) mass is 276 g/mol. The van der Waals surface area contributed by atoms with Gasteiger partial charge in [-0.3, -0.25) is 4.79 Å². The van der Waals surface area contributed by atoms with Crippen molar-refractivity contribution in [1.29, 1.82) is 0 Å². The topological polar surface area (TPSA) is 56.0 Å². The van der Waals surface area contributed by atoms with Crippen molar-refractivity contribution in [2.75, 3.05) is 0 Å². The van der Waals surface area contributed by atoms with Crippen LogP contribution in [-0.4, -0.2) is 15.9 Å². The van der Waals surface area contributed by atoms with E-state index in [1.165, 1.54) is 10.5 Å². The van der Waals surface area contributed by atoms with Gasteiger partial charge in [0.2, 0.25) is 5.89 Å². The first-order valence-electron chi connectivity index (χ1n) is 6.20. The number of Topliss-reactive ketones (excluding diaryl/α,β-unsaturated/α-hetero) is 1. The smallest absolute Gasteiger partial charge is 0.234 e. The first-order valence-corrected chi connectivity index (χ1v) is 7.18. The summed E-state index contributed by atoms with van der Waals surface area (Å²) in [6.45, 7) is 3.89. The van der Waals surface area contributed by atoms with Gasteiger partial charge in [-0.15, -0.1) is 11.8 Å². The van der Waals surface area contributed by atoms with Gasteiger partial charge in [0.15, 0.2) is 5.82 Å². The number of nitrogens with zero attached hydrogens (tertiary/aromatic N) is 2. The van der Waals surface area contributed by atoms with Crippen molar-refractivity contribution in [3.05, 3.63) is 41.5 Å². The minimum absolute atomic E-state index is 0.112. The van der Waals surface area contributed by atoms with Crippen LogP contribution < -0.4 is 0 Å². The molecule has 1 aromatic carbocycles. The van der Waals surface area contributed by atoms with E-state index in [0.29, 0.717) is 23.9 Å². The van der Waals surface area contributed by atoms with Gasteiger partial charge < -0.3 is 4.52 Å². The fraction of sp³-hybridized carbons (Fsp3) is 0.357. The molecule has 0 atom stereocenters. The van der Waals surface area contributed by atoms with E-state index in [2.05, 4.69) is 41.3 Å². The SMILES string of the molecule is CCC(=O)Cc1nc(CSc2ccc(C)cc2)no1. The minimum atomic E-state index is 0.112. The van der Waals surface area contributed by atoms with Gasteiger partial charge in [-0.2, -0.15) is 4.98 Å². The Morgan fingerprint density at radius 2 is 2.05 bits per heavy atom. The van der Waals surface area contributed by atoms with E-state index in [0.717, 1.165) is 0 Å². The third kappa shape index (κ3) is 4.21. The number of aromatic nitrogens is 2. The minimum Gasteiger partial charge on any atom is -0.339 e. The van der Waals surface area contributed by atoms with Crippen molar-refractivity contribution in [2.24, 2.45) is 0 Å². The number of hydrogen-bond donors (Lipinski definition) is 0. The van der Waals surface area contributed by atoms with Crippen LogP contribution in [0.5, 0.6) is 0 Å². The molecule has 0 spiro atoms. The largest absolute Gasteiger partial charge is 0.339 e. The van der Waals surface area contributed by atoms with Crippen LogP contribution in [0.2, 0.25) is 0 Å². The molecule has 0 aliphatic heterocycles. The van der Waals surface area contributed by atoms with Crippen molar-refractivity contribution in [3.8, 4) is 0 Å². The highest BCUT2D eigenvalue weighted by Crippen LogP contribution is 2.21. The maximum absolute atomic E-state index is 11.3. The molecule has 5 heteroatoms. The van der Waals surface area contributed by atoms with E-state index >= 15 is 0 Å². The molecule has 0 bridgehead atoms. The van der Waals surface area contributed by atoms with Gasteiger partial charge >= 0.3 is 0 Å². The van der Waals surface area contributed by atoms with Gasteiger partial charge in [-0.05, 0) is 19.1 Å². The molecule has 0 saturated heterocycles. The summed E-state index contributed by atoms with van der Waals surface area (Å²) in [7, 11) is 0. The lowest BCUT2D eigenvalue weighted by Gasteiger charge is -1.98. The Labute approximate surface area is 116 Å². The number of ketones is 1. The van der Waals surface area contributed by atoms with Crippen molar-refractivity contribution in [2.45, 2.75) is 37.3 Å². The predicted octanol–water partition coefficient (Wildman–Crippen LogP) is 3.19. The van der Waals surface area contributed by atoms with E-state index in [1.54, 1.807) is 11.8 Å². The lowest BCUT2D eigenvalue weighted by Crippen LogP contribution is -2.00. The van der Waals surface area contributed by atoms with Crippen LogP contribution in [0.3, 0.4) is 0 Å². The van der Waals surface area contributed by atoms with Crippen molar-refractivity contribution in [1.82, 2.24) is 10.1 Å². The van der Waals surface area contributed by atoms with Crippen molar-refractivity contribution >= 4 is 17.5 Å². The second-order valence-electron chi connectivity index (χ2n) is 4.28.